The second-order valence-corrected chi connectivity index (χ2v) is 5.56. The normalized spacial score (nSPS) is 16.7. The van der Waals surface area contributed by atoms with Crippen molar-refractivity contribution in [2.24, 2.45) is 0 Å². The van der Waals surface area contributed by atoms with Gasteiger partial charge in [0.15, 0.2) is 0 Å². The first kappa shape index (κ1) is 13.6. The van der Waals surface area contributed by atoms with Gasteiger partial charge in [0.1, 0.15) is 0 Å². The summed E-state index contributed by atoms with van der Waals surface area (Å²) in [5.41, 5.74) is 1.20. The van der Waals surface area contributed by atoms with E-state index in [0.29, 0.717) is 5.88 Å². The molecule has 1 fully saturated rings. The van der Waals surface area contributed by atoms with E-state index < -0.39 is 0 Å². The van der Waals surface area contributed by atoms with Gasteiger partial charge in [-0.05, 0) is 5.56 Å². The number of nitrogens with one attached hydrogen (secondary N) is 1. The molecule has 100 valence electrons. The number of aromatic nitrogens is 1. The van der Waals surface area contributed by atoms with Gasteiger partial charge in [0.25, 0.3) is 0 Å². The summed E-state index contributed by atoms with van der Waals surface area (Å²) in [6.07, 6.45) is 1.86. The van der Waals surface area contributed by atoms with Crippen LogP contribution in [0.3, 0.4) is 0 Å². The molecule has 1 N–H and O–H groups in total. The van der Waals surface area contributed by atoms with Crippen molar-refractivity contribution in [2.75, 3.05) is 44.8 Å². The molecule has 0 spiro atoms. The largest absolute Gasteiger partial charge is 0.481 e. The molecule has 2 heterocycles. The Morgan fingerprint density at radius 1 is 1.39 bits per heavy atom. The minimum atomic E-state index is 0.671. The molecule has 0 aromatic carbocycles. The molecule has 18 heavy (non-hydrogen) atoms. The van der Waals surface area contributed by atoms with Crippen molar-refractivity contribution in [3.63, 3.8) is 0 Å². The van der Waals surface area contributed by atoms with Crippen LogP contribution in [0.25, 0.3) is 0 Å². The van der Waals surface area contributed by atoms with Crippen LogP contribution in [0.15, 0.2) is 18.3 Å². The standard InChI is InChI=1S/C13H21N3OS/c1-17-13-3-2-12(11-15-13)10-14-4-5-16-6-8-18-9-7-16/h2-3,11,14H,4-10H2,1H3. The Kier molecular flexibility index (Phi) is 5.77. The van der Waals surface area contributed by atoms with Crippen LogP contribution in [0.4, 0.5) is 0 Å². The highest BCUT2D eigenvalue weighted by Gasteiger charge is 2.08. The number of ether oxygens (including phenoxy) is 1. The monoisotopic (exact) mass is 267 g/mol. The first-order valence-electron chi connectivity index (χ1n) is 6.38. The summed E-state index contributed by atoms with van der Waals surface area (Å²) in [4.78, 5) is 6.71. The third-order valence-corrected chi connectivity index (χ3v) is 3.99. The highest BCUT2D eigenvalue weighted by atomic mass is 32.2. The summed E-state index contributed by atoms with van der Waals surface area (Å²) in [6.45, 7) is 5.52. The zero-order valence-electron chi connectivity index (χ0n) is 10.9. The molecule has 1 aromatic rings. The Hall–Kier alpha value is -0.780. The summed E-state index contributed by atoms with van der Waals surface area (Å²) in [5, 5.41) is 3.46. The number of methoxy groups -OCH3 is 1. The fourth-order valence-corrected chi connectivity index (χ4v) is 2.91. The van der Waals surface area contributed by atoms with Crippen LogP contribution in [-0.4, -0.2) is 54.7 Å². The van der Waals surface area contributed by atoms with Crippen molar-refractivity contribution in [2.45, 2.75) is 6.54 Å². The quantitative estimate of drug-likeness (QED) is 0.785. The maximum atomic E-state index is 5.03. The van der Waals surface area contributed by atoms with Gasteiger partial charge < -0.3 is 15.0 Å². The van der Waals surface area contributed by atoms with Crippen LogP contribution < -0.4 is 10.1 Å². The highest BCUT2D eigenvalue weighted by Crippen LogP contribution is 2.08. The van der Waals surface area contributed by atoms with Gasteiger partial charge in [-0.3, -0.25) is 0 Å². The molecule has 4 nitrogen and oxygen atoms in total. The van der Waals surface area contributed by atoms with Crippen molar-refractivity contribution in [3.05, 3.63) is 23.9 Å². The molecule has 1 aromatic heterocycles. The maximum Gasteiger partial charge on any atom is 0.212 e. The molecule has 0 atom stereocenters. The second kappa shape index (κ2) is 7.61. The highest BCUT2D eigenvalue weighted by molar-refractivity contribution is 7.99. The van der Waals surface area contributed by atoms with Gasteiger partial charge in [-0.1, -0.05) is 6.07 Å². The fraction of sp³-hybridized carbons (Fsp3) is 0.615. The Morgan fingerprint density at radius 3 is 2.89 bits per heavy atom. The number of hydrogen-bond acceptors (Lipinski definition) is 5. The van der Waals surface area contributed by atoms with Gasteiger partial charge in [0.05, 0.1) is 7.11 Å². The van der Waals surface area contributed by atoms with E-state index in [-0.39, 0.29) is 0 Å². The van der Waals surface area contributed by atoms with Crippen molar-refractivity contribution < 1.29 is 4.74 Å². The molecular formula is C13H21N3OS. The van der Waals surface area contributed by atoms with E-state index in [2.05, 4.69) is 33.0 Å². The number of hydrogen-bond donors (Lipinski definition) is 1. The van der Waals surface area contributed by atoms with Crippen LogP contribution in [0.2, 0.25) is 0 Å². The minimum absolute atomic E-state index is 0.671. The molecule has 0 radical (unpaired) electrons. The fourth-order valence-electron chi connectivity index (χ4n) is 1.93. The summed E-state index contributed by atoms with van der Waals surface area (Å²) in [6, 6.07) is 3.95. The molecule has 0 bridgehead atoms. The van der Waals surface area contributed by atoms with E-state index in [4.69, 9.17) is 4.74 Å². The zero-order chi connectivity index (χ0) is 12.6. The summed E-state index contributed by atoms with van der Waals surface area (Å²) >= 11 is 2.06. The lowest BCUT2D eigenvalue weighted by Crippen LogP contribution is -2.37. The van der Waals surface area contributed by atoms with Crippen LogP contribution in [0.5, 0.6) is 5.88 Å². The van der Waals surface area contributed by atoms with Gasteiger partial charge in [-0.15, -0.1) is 0 Å². The SMILES string of the molecule is COc1ccc(CNCCN2CCSCC2)cn1. The Bertz CT molecular complexity index is 339. The predicted octanol–water partition coefficient (Wildman–Crippen LogP) is 1.23. The molecular weight excluding hydrogens is 246 g/mol. The smallest absolute Gasteiger partial charge is 0.212 e. The lowest BCUT2D eigenvalue weighted by atomic mass is 10.3. The van der Waals surface area contributed by atoms with Gasteiger partial charge in [-0.25, -0.2) is 4.98 Å². The molecule has 0 amide bonds. The molecule has 1 saturated heterocycles. The molecule has 0 aliphatic carbocycles. The van der Waals surface area contributed by atoms with Gasteiger partial charge in [0.2, 0.25) is 5.88 Å². The minimum Gasteiger partial charge on any atom is -0.481 e. The van der Waals surface area contributed by atoms with E-state index in [1.807, 2.05) is 12.3 Å². The molecule has 1 aliphatic rings. The van der Waals surface area contributed by atoms with Crippen molar-refractivity contribution in [1.29, 1.82) is 0 Å². The van der Waals surface area contributed by atoms with E-state index in [1.165, 1.54) is 30.2 Å². The van der Waals surface area contributed by atoms with Gasteiger partial charge in [0, 0.05) is 56.5 Å². The lowest BCUT2D eigenvalue weighted by molar-refractivity contribution is 0.301. The van der Waals surface area contributed by atoms with E-state index >= 15 is 0 Å². The molecule has 0 saturated carbocycles. The van der Waals surface area contributed by atoms with Crippen molar-refractivity contribution >= 4 is 11.8 Å². The van der Waals surface area contributed by atoms with Crippen LogP contribution in [0, 0.1) is 0 Å². The van der Waals surface area contributed by atoms with E-state index in [1.54, 1.807) is 7.11 Å². The Labute approximate surface area is 113 Å². The summed E-state index contributed by atoms with van der Waals surface area (Å²) in [5.74, 6) is 3.23. The van der Waals surface area contributed by atoms with Gasteiger partial charge in [-0.2, -0.15) is 11.8 Å². The molecule has 2 rings (SSSR count). The zero-order valence-corrected chi connectivity index (χ0v) is 11.7. The summed E-state index contributed by atoms with van der Waals surface area (Å²) < 4.78 is 5.03. The average molecular weight is 267 g/mol. The maximum absolute atomic E-state index is 5.03. The predicted molar refractivity (Wildman–Crippen MR) is 76.3 cm³/mol. The van der Waals surface area contributed by atoms with Crippen LogP contribution in [-0.2, 0) is 6.54 Å². The van der Waals surface area contributed by atoms with Crippen LogP contribution in [0.1, 0.15) is 5.56 Å². The lowest BCUT2D eigenvalue weighted by Gasteiger charge is -2.26. The number of rotatable bonds is 6. The van der Waals surface area contributed by atoms with Crippen molar-refractivity contribution in [1.82, 2.24) is 15.2 Å². The average Bonchev–Trinajstić information content (AvgIpc) is 2.45. The number of thioether (sulfide) groups is 1. The van der Waals surface area contributed by atoms with E-state index in [9.17, 15) is 0 Å². The molecule has 5 heteroatoms. The Balaban J connectivity index is 1.62. The molecule has 0 unspecified atom stereocenters. The first-order valence-corrected chi connectivity index (χ1v) is 7.53. The third-order valence-electron chi connectivity index (χ3n) is 3.04. The van der Waals surface area contributed by atoms with Crippen LogP contribution >= 0.6 is 11.8 Å². The first-order chi connectivity index (χ1) is 8.88. The third kappa shape index (κ3) is 4.48. The van der Waals surface area contributed by atoms with Gasteiger partial charge >= 0.3 is 0 Å². The molecule has 1 aliphatic heterocycles. The summed E-state index contributed by atoms with van der Waals surface area (Å²) in [7, 11) is 1.64. The van der Waals surface area contributed by atoms with E-state index in [0.717, 1.165) is 19.6 Å². The number of nitrogens with zero attached hydrogens (tertiary/aromatic N) is 2. The number of pyridine rings is 1. The topological polar surface area (TPSA) is 37.4 Å². The Morgan fingerprint density at radius 2 is 2.22 bits per heavy atom. The van der Waals surface area contributed by atoms with Crippen molar-refractivity contribution in [3.8, 4) is 5.88 Å². The second-order valence-electron chi connectivity index (χ2n) is 4.34.